The summed E-state index contributed by atoms with van der Waals surface area (Å²) in [6, 6.07) is 19.4. The predicted molar refractivity (Wildman–Crippen MR) is 145 cm³/mol. The minimum Gasteiger partial charge on any atom is -0.382 e. The van der Waals surface area contributed by atoms with Gasteiger partial charge in [0.1, 0.15) is 22.9 Å². The lowest BCUT2D eigenvalue weighted by Crippen LogP contribution is -2.43. The molecule has 2 aromatic heterocycles. The Morgan fingerprint density at radius 2 is 1.73 bits per heavy atom. The molecule has 37 heavy (non-hydrogen) atoms. The highest BCUT2D eigenvalue weighted by Crippen LogP contribution is 2.25. The molecule has 10 heteroatoms. The molecule has 1 fully saturated rings. The van der Waals surface area contributed by atoms with Crippen molar-refractivity contribution in [2.45, 2.75) is 44.3 Å². The molecule has 0 atom stereocenters. The number of amidine groups is 1. The van der Waals surface area contributed by atoms with Crippen LogP contribution in [0.4, 0.5) is 0 Å². The van der Waals surface area contributed by atoms with Gasteiger partial charge in [0, 0.05) is 17.5 Å². The first-order valence-corrected chi connectivity index (χ1v) is 14.2. The van der Waals surface area contributed by atoms with Gasteiger partial charge in [-0.3, -0.25) is 10.2 Å². The zero-order valence-electron chi connectivity index (χ0n) is 20.6. The van der Waals surface area contributed by atoms with E-state index in [1.165, 1.54) is 6.26 Å². The summed E-state index contributed by atoms with van der Waals surface area (Å²) in [5, 5.41) is 14.0. The van der Waals surface area contributed by atoms with E-state index < -0.39 is 10.0 Å². The number of fused-ring (bicyclic) bond motifs is 2. The van der Waals surface area contributed by atoms with Crippen molar-refractivity contribution in [1.82, 2.24) is 19.6 Å². The Hall–Kier alpha value is -3.76. The summed E-state index contributed by atoms with van der Waals surface area (Å²) in [6.07, 6.45) is 3.88. The molecule has 1 aliphatic rings. The van der Waals surface area contributed by atoms with Crippen LogP contribution in [0.15, 0.2) is 60.7 Å². The van der Waals surface area contributed by atoms with Gasteiger partial charge in [0.25, 0.3) is 5.91 Å². The third-order valence-electron chi connectivity index (χ3n) is 6.90. The van der Waals surface area contributed by atoms with Crippen molar-refractivity contribution in [1.29, 1.82) is 5.41 Å². The van der Waals surface area contributed by atoms with E-state index in [4.69, 9.17) is 11.1 Å². The largest absolute Gasteiger partial charge is 0.382 e. The number of hydrogen-bond acceptors (Lipinski definition) is 5. The maximum absolute atomic E-state index is 13.5. The number of rotatable bonds is 7. The third-order valence-corrected chi connectivity index (χ3v) is 7.67. The summed E-state index contributed by atoms with van der Waals surface area (Å²) in [6.45, 7) is 0.424. The summed E-state index contributed by atoms with van der Waals surface area (Å²) >= 11 is 0. The summed E-state index contributed by atoms with van der Waals surface area (Å²) in [5.41, 5.74) is 8.18. The fourth-order valence-corrected chi connectivity index (χ4v) is 5.99. The Kier molecular flexibility index (Phi) is 6.70. The van der Waals surface area contributed by atoms with Crippen LogP contribution in [-0.2, 0) is 16.6 Å². The van der Waals surface area contributed by atoms with Gasteiger partial charge in [0.15, 0.2) is 0 Å². The Labute approximate surface area is 215 Å². The lowest BCUT2D eigenvalue weighted by molar-refractivity contribution is 0.0916. The highest BCUT2D eigenvalue weighted by molar-refractivity contribution is 7.88. The number of pyridine rings is 1. The number of aromatic nitrogens is 2. The summed E-state index contributed by atoms with van der Waals surface area (Å²) < 4.78 is 27.7. The average molecular weight is 519 g/mol. The molecule has 1 saturated carbocycles. The number of carbonyl (C=O) groups excluding carboxylic acids is 1. The Bertz CT molecular complexity index is 1600. The molecular formula is C27H30N6O3S. The van der Waals surface area contributed by atoms with E-state index in [9.17, 15) is 13.2 Å². The lowest BCUT2D eigenvalue weighted by Gasteiger charge is -2.29. The van der Waals surface area contributed by atoms with Crippen molar-refractivity contribution >= 4 is 43.6 Å². The maximum atomic E-state index is 13.5. The second-order valence-corrected chi connectivity index (χ2v) is 11.5. The summed E-state index contributed by atoms with van der Waals surface area (Å²) in [7, 11) is -3.25. The predicted octanol–water partition coefficient (Wildman–Crippen LogP) is 3.11. The first kappa shape index (κ1) is 24.9. The van der Waals surface area contributed by atoms with E-state index in [0.29, 0.717) is 49.3 Å². The van der Waals surface area contributed by atoms with Gasteiger partial charge in [-0.25, -0.2) is 18.1 Å². The van der Waals surface area contributed by atoms with Gasteiger partial charge < -0.3 is 15.6 Å². The summed E-state index contributed by atoms with van der Waals surface area (Å²) in [4.78, 5) is 18.2. The van der Waals surface area contributed by atoms with Crippen molar-refractivity contribution in [2.75, 3.05) is 6.26 Å². The SMILES string of the molecule is CS(=O)(=O)NC1CCC(NC(=O)c2cc3ccc(C(=N)N)nc3n2Cc2cccc3ccccc23)CC1. The molecule has 5 rings (SSSR count). The Balaban J connectivity index is 1.46. The van der Waals surface area contributed by atoms with Crippen molar-refractivity contribution in [3.05, 3.63) is 77.6 Å². The molecule has 5 N–H and O–H groups in total. The fraction of sp³-hybridized carbons (Fsp3) is 0.296. The van der Waals surface area contributed by atoms with Gasteiger partial charge in [-0.1, -0.05) is 42.5 Å². The quantitative estimate of drug-likeness (QED) is 0.220. The standard InChI is InChI=1S/C27H30N6O3S/c1-37(35,36)32-21-12-10-20(11-13-21)30-27(34)24-15-18-9-14-23(25(28)29)31-26(18)33(24)16-19-7-4-6-17-5-2-3-8-22(17)19/h2-9,14-15,20-21,32H,10-13,16H2,1H3,(H3,28,29)(H,30,34). The van der Waals surface area contributed by atoms with E-state index in [-0.39, 0.29) is 23.8 Å². The van der Waals surface area contributed by atoms with E-state index in [0.717, 1.165) is 21.7 Å². The number of carbonyl (C=O) groups is 1. The summed E-state index contributed by atoms with van der Waals surface area (Å²) in [5.74, 6) is -0.340. The number of nitrogens with two attached hydrogens (primary N) is 1. The lowest BCUT2D eigenvalue weighted by atomic mass is 9.92. The van der Waals surface area contributed by atoms with Gasteiger partial charge in [-0.2, -0.15) is 0 Å². The molecule has 192 valence electrons. The minimum atomic E-state index is -3.25. The zero-order chi connectivity index (χ0) is 26.2. The molecule has 1 amide bonds. The van der Waals surface area contributed by atoms with Gasteiger partial charge >= 0.3 is 0 Å². The van der Waals surface area contributed by atoms with Crippen LogP contribution in [0.3, 0.4) is 0 Å². The van der Waals surface area contributed by atoms with Crippen molar-refractivity contribution < 1.29 is 13.2 Å². The fourth-order valence-electron chi connectivity index (χ4n) is 5.14. The van der Waals surface area contributed by atoms with Crippen LogP contribution in [0.5, 0.6) is 0 Å². The number of hydrogen-bond donors (Lipinski definition) is 4. The van der Waals surface area contributed by atoms with Crippen LogP contribution in [0.25, 0.3) is 21.8 Å². The second-order valence-electron chi connectivity index (χ2n) is 9.69. The number of benzene rings is 2. The van der Waals surface area contributed by atoms with E-state index in [1.54, 1.807) is 6.07 Å². The molecule has 9 nitrogen and oxygen atoms in total. The van der Waals surface area contributed by atoms with Gasteiger partial charge in [0.2, 0.25) is 10.0 Å². The molecule has 0 unspecified atom stereocenters. The van der Waals surface area contributed by atoms with Crippen LogP contribution < -0.4 is 15.8 Å². The molecule has 0 aliphatic heterocycles. The molecule has 2 heterocycles. The van der Waals surface area contributed by atoms with E-state index in [1.807, 2.05) is 41.0 Å². The smallest absolute Gasteiger partial charge is 0.268 e. The van der Waals surface area contributed by atoms with Gasteiger partial charge in [0.05, 0.1) is 12.8 Å². The van der Waals surface area contributed by atoms with Crippen LogP contribution in [-0.4, -0.2) is 48.1 Å². The molecule has 1 aliphatic carbocycles. The Morgan fingerprint density at radius 1 is 1.03 bits per heavy atom. The molecule has 0 radical (unpaired) electrons. The minimum absolute atomic E-state index is 0.0464. The molecular weight excluding hydrogens is 488 g/mol. The molecule has 0 bridgehead atoms. The van der Waals surface area contributed by atoms with Crippen molar-refractivity contribution in [3.8, 4) is 0 Å². The highest BCUT2D eigenvalue weighted by Gasteiger charge is 2.26. The number of sulfonamides is 1. The van der Waals surface area contributed by atoms with Crippen LogP contribution in [0.2, 0.25) is 0 Å². The van der Waals surface area contributed by atoms with Crippen LogP contribution in [0, 0.1) is 5.41 Å². The van der Waals surface area contributed by atoms with Crippen molar-refractivity contribution in [2.24, 2.45) is 5.73 Å². The highest BCUT2D eigenvalue weighted by atomic mass is 32.2. The molecule has 4 aromatic rings. The third kappa shape index (κ3) is 5.50. The van der Waals surface area contributed by atoms with Gasteiger partial charge in [-0.15, -0.1) is 0 Å². The van der Waals surface area contributed by atoms with Crippen LogP contribution >= 0.6 is 0 Å². The maximum Gasteiger partial charge on any atom is 0.268 e. The average Bonchev–Trinajstić information content (AvgIpc) is 3.22. The number of nitrogens with zero attached hydrogens (tertiary/aromatic N) is 2. The number of nitrogen functional groups attached to an aromatic ring is 1. The van der Waals surface area contributed by atoms with Crippen molar-refractivity contribution in [3.63, 3.8) is 0 Å². The first-order chi connectivity index (χ1) is 17.7. The Morgan fingerprint density at radius 3 is 2.46 bits per heavy atom. The monoisotopic (exact) mass is 518 g/mol. The normalized spacial score (nSPS) is 18.2. The number of amides is 1. The van der Waals surface area contributed by atoms with Crippen LogP contribution in [0.1, 0.15) is 47.4 Å². The zero-order valence-corrected chi connectivity index (χ0v) is 21.4. The molecule has 0 saturated heterocycles. The van der Waals surface area contributed by atoms with E-state index >= 15 is 0 Å². The second kappa shape index (κ2) is 9.95. The first-order valence-electron chi connectivity index (χ1n) is 12.3. The molecule has 2 aromatic carbocycles. The molecule has 0 spiro atoms. The van der Waals surface area contributed by atoms with E-state index in [2.05, 4.69) is 33.2 Å². The topological polar surface area (TPSA) is 143 Å². The number of nitrogens with one attached hydrogen (secondary N) is 3. The van der Waals surface area contributed by atoms with Gasteiger partial charge in [-0.05, 0) is 60.2 Å².